The van der Waals surface area contributed by atoms with Gasteiger partial charge in [0.15, 0.2) is 11.5 Å². The summed E-state index contributed by atoms with van der Waals surface area (Å²) in [5, 5.41) is 3.50. The molecule has 170 valence electrons. The summed E-state index contributed by atoms with van der Waals surface area (Å²) in [4.78, 5) is 17.8. The lowest BCUT2D eigenvalue weighted by molar-refractivity contribution is -0.123. The number of likely N-dealkylation sites (tertiary alicyclic amines) is 1. The molecule has 0 radical (unpaired) electrons. The minimum Gasteiger partial charge on any atom is -0.490 e. The molecule has 0 aliphatic carbocycles. The van der Waals surface area contributed by atoms with Crippen molar-refractivity contribution >= 4 is 5.91 Å². The third-order valence-corrected chi connectivity index (χ3v) is 5.54. The number of aromatic nitrogens is 2. The zero-order valence-corrected chi connectivity index (χ0v) is 18.5. The molecule has 1 unspecified atom stereocenters. The van der Waals surface area contributed by atoms with Gasteiger partial charge in [-0.2, -0.15) is 0 Å². The zero-order valence-electron chi connectivity index (χ0n) is 18.5. The minimum absolute atomic E-state index is 0.0133. The van der Waals surface area contributed by atoms with Crippen LogP contribution in [-0.2, 0) is 17.9 Å². The molecule has 1 aromatic carbocycles. The van der Waals surface area contributed by atoms with Gasteiger partial charge in [0.05, 0.1) is 25.4 Å². The average Bonchev–Trinajstić information content (AvgIpc) is 3.29. The molecule has 0 spiro atoms. The van der Waals surface area contributed by atoms with E-state index < -0.39 is 0 Å². The number of carbonyl (C=O) groups is 1. The van der Waals surface area contributed by atoms with Crippen LogP contribution in [0.15, 0.2) is 36.9 Å². The Labute approximate surface area is 184 Å². The summed E-state index contributed by atoms with van der Waals surface area (Å²) in [7, 11) is 0. The molecule has 1 aromatic heterocycles. The smallest absolute Gasteiger partial charge is 0.221 e. The first-order valence-corrected chi connectivity index (χ1v) is 11.2. The van der Waals surface area contributed by atoms with E-state index in [4.69, 9.17) is 15.2 Å². The topological polar surface area (TPSA) is 94.6 Å². The standard InChI is InChI=1S/C23H35N5O3/c1-2-30-22-15-19(6-7-21(22)31-14-13-28-12-9-26-18-28)16-25-8-4-11-27-10-3-5-20(17-27)23(24)29/h6-7,9,12,15,18,20,25H,2-5,8,10-11,13-14,16-17H2,1H3,(H2,24,29). The van der Waals surface area contributed by atoms with Crippen LogP contribution < -0.4 is 20.5 Å². The monoisotopic (exact) mass is 429 g/mol. The third kappa shape index (κ3) is 7.56. The van der Waals surface area contributed by atoms with E-state index in [9.17, 15) is 4.79 Å². The van der Waals surface area contributed by atoms with Gasteiger partial charge in [-0.05, 0) is 63.5 Å². The Morgan fingerprint density at radius 3 is 2.97 bits per heavy atom. The van der Waals surface area contributed by atoms with Crippen molar-refractivity contribution in [3.05, 3.63) is 42.5 Å². The second-order valence-corrected chi connectivity index (χ2v) is 7.94. The van der Waals surface area contributed by atoms with E-state index in [0.29, 0.717) is 13.2 Å². The second kappa shape index (κ2) is 12.3. The van der Waals surface area contributed by atoms with Crippen LogP contribution in [0.3, 0.4) is 0 Å². The number of primary amides is 1. The van der Waals surface area contributed by atoms with Crippen molar-refractivity contribution in [1.82, 2.24) is 19.8 Å². The number of nitrogens with one attached hydrogen (secondary N) is 1. The fraction of sp³-hybridized carbons (Fsp3) is 0.565. The lowest BCUT2D eigenvalue weighted by Gasteiger charge is -2.31. The Hall–Kier alpha value is -2.58. The van der Waals surface area contributed by atoms with Crippen LogP contribution in [0.5, 0.6) is 11.5 Å². The molecular weight excluding hydrogens is 394 g/mol. The predicted molar refractivity (Wildman–Crippen MR) is 120 cm³/mol. The van der Waals surface area contributed by atoms with Crippen molar-refractivity contribution < 1.29 is 14.3 Å². The zero-order chi connectivity index (χ0) is 21.9. The summed E-state index contributed by atoms with van der Waals surface area (Å²) in [6, 6.07) is 6.10. The number of benzene rings is 1. The van der Waals surface area contributed by atoms with Crippen LogP contribution in [-0.4, -0.2) is 59.8 Å². The molecule has 31 heavy (non-hydrogen) atoms. The van der Waals surface area contributed by atoms with Gasteiger partial charge in [0.1, 0.15) is 6.61 Å². The fourth-order valence-electron chi connectivity index (χ4n) is 3.88. The highest BCUT2D eigenvalue weighted by Crippen LogP contribution is 2.28. The molecule has 3 N–H and O–H groups in total. The first kappa shape index (κ1) is 23.1. The van der Waals surface area contributed by atoms with Crippen molar-refractivity contribution in [2.45, 2.75) is 39.3 Å². The van der Waals surface area contributed by atoms with E-state index in [0.717, 1.165) is 75.6 Å². The lowest BCUT2D eigenvalue weighted by Crippen LogP contribution is -2.41. The number of ether oxygens (including phenoxy) is 2. The lowest BCUT2D eigenvalue weighted by atomic mass is 9.97. The molecule has 1 fully saturated rings. The largest absolute Gasteiger partial charge is 0.490 e. The van der Waals surface area contributed by atoms with Crippen LogP contribution in [0.25, 0.3) is 0 Å². The van der Waals surface area contributed by atoms with E-state index in [1.807, 2.05) is 29.8 Å². The molecule has 8 heteroatoms. The molecule has 1 saturated heterocycles. The highest BCUT2D eigenvalue weighted by molar-refractivity contribution is 5.76. The summed E-state index contributed by atoms with van der Waals surface area (Å²) in [5.74, 6) is 1.39. The molecular formula is C23H35N5O3. The Bertz CT molecular complexity index is 797. The van der Waals surface area contributed by atoms with Gasteiger partial charge in [0.2, 0.25) is 5.91 Å². The van der Waals surface area contributed by atoms with Gasteiger partial charge in [0.25, 0.3) is 0 Å². The highest BCUT2D eigenvalue weighted by atomic mass is 16.5. The van der Waals surface area contributed by atoms with Crippen molar-refractivity contribution in [3.63, 3.8) is 0 Å². The van der Waals surface area contributed by atoms with E-state index in [1.165, 1.54) is 0 Å². The van der Waals surface area contributed by atoms with Gasteiger partial charge >= 0.3 is 0 Å². The number of rotatable bonds is 13. The summed E-state index contributed by atoms with van der Waals surface area (Å²) in [6.07, 6.45) is 8.48. The predicted octanol–water partition coefficient (Wildman–Crippen LogP) is 2.04. The molecule has 1 aliphatic heterocycles. The minimum atomic E-state index is -0.165. The average molecular weight is 430 g/mol. The quantitative estimate of drug-likeness (QED) is 0.473. The maximum absolute atomic E-state index is 11.4. The number of nitrogens with two attached hydrogens (primary N) is 1. The SMILES string of the molecule is CCOc1cc(CNCCCN2CCCC(C(N)=O)C2)ccc1OCCn1ccnc1. The summed E-state index contributed by atoms with van der Waals surface area (Å²) in [6.45, 7) is 8.42. The van der Waals surface area contributed by atoms with Crippen LogP contribution >= 0.6 is 0 Å². The van der Waals surface area contributed by atoms with Gasteiger partial charge in [-0.1, -0.05) is 6.07 Å². The number of imidazole rings is 1. The summed E-state index contributed by atoms with van der Waals surface area (Å²) in [5.41, 5.74) is 6.63. The van der Waals surface area contributed by atoms with E-state index in [2.05, 4.69) is 21.3 Å². The van der Waals surface area contributed by atoms with Crippen molar-refractivity contribution in [1.29, 1.82) is 0 Å². The van der Waals surface area contributed by atoms with Gasteiger partial charge in [-0.25, -0.2) is 4.98 Å². The first-order valence-electron chi connectivity index (χ1n) is 11.2. The number of amides is 1. The van der Waals surface area contributed by atoms with Crippen LogP contribution in [0.4, 0.5) is 0 Å². The Kier molecular flexibility index (Phi) is 9.17. The Morgan fingerprint density at radius 2 is 2.19 bits per heavy atom. The van der Waals surface area contributed by atoms with Crippen LogP contribution in [0.2, 0.25) is 0 Å². The normalized spacial score (nSPS) is 16.9. The number of carbonyl (C=O) groups excluding carboxylic acids is 1. The third-order valence-electron chi connectivity index (χ3n) is 5.54. The summed E-state index contributed by atoms with van der Waals surface area (Å²) < 4.78 is 13.7. The highest BCUT2D eigenvalue weighted by Gasteiger charge is 2.23. The second-order valence-electron chi connectivity index (χ2n) is 7.94. The van der Waals surface area contributed by atoms with E-state index in [1.54, 1.807) is 12.5 Å². The summed E-state index contributed by atoms with van der Waals surface area (Å²) >= 11 is 0. The molecule has 8 nitrogen and oxygen atoms in total. The van der Waals surface area contributed by atoms with Gasteiger partial charge in [0, 0.05) is 25.5 Å². The Morgan fingerprint density at radius 1 is 1.29 bits per heavy atom. The van der Waals surface area contributed by atoms with Crippen LogP contribution in [0.1, 0.15) is 31.7 Å². The molecule has 1 amide bonds. The Balaban J connectivity index is 1.39. The van der Waals surface area contributed by atoms with Crippen molar-refractivity contribution in [2.75, 3.05) is 39.4 Å². The van der Waals surface area contributed by atoms with Crippen molar-refractivity contribution in [2.24, 2.45) is 11.7 Å². The fourth-order valence-corrected chi connectivity index (χ4v) is 3.88. The van der Waals surface area contributed by atoms with E-state index in [-0.39, 0.29) is 11.8 Å². The number of nitrogens with zero attached hydrogens (tertiary/aromatic N) is 3. The van der Waals surface area contributed by atoms with Gasteiger partial charge in [-0.15, -0.1) is 0 Å². The maximum atomic E-state index is 11.4. The molecule has 2 aromatic rings. The van der Waals surface area contributed by atoms with Crippen LogP contribution in [0, 0.1) is 5.92 Å². The molecule has 2 heterocycles. The number of hydrogen-bond acceptors (Lipinski definition) is 6. The van der Waals surface area contributed by atoms with Gasteiger partial charge in [-0.3, -0.25) is 4.79 Å². The van der Waals surface area contributed by atoms with E-state index >= 15 is 0 Å². The van der Waals surface area contributed by atoms with Gasteiger partial charge < -0.3 is 30.0 Å². The molecule has 1 atom stereocenters. The number of hydrogen-bond donors (Lipinski definition) is 2. The maximum Gasteiger partial charge on any atom is 0.221 e. The molecule has 0 saturated carbocycles. The molecule has 1 aliphatic rings. The first-order chi connectivity index (χ1) is 15.2. The molecule has 0 bridgehead atoms. The number of piperidine rings is 1. The van der Waals surface area contributed by atoms with Crippen molar-refractivity contribution in [3.8, 4) is 11.5 Å². The molecule has 3 rings (SSSR count).